The van der Waals surface area contributed by atoms with E-state index in [0.29, 0.717) is 44.1 Å². The molecule has 1 aromatic heterocycles. The number of alkyl halides is 1. The molecule has 12 heteroatoms. The lowest BCUT2D eigenvalue weighted by Crippen LogP contribution is -2.49. The van der Waals surface area contributed by atoms with Gasteiger partial charge in [0.1, 0.15) is 29.6 Å². The van der Waals surface area contributed by atoms with Crippen LogP contribution in [0.4, 0.5) is 18.9 Å². The van der Waals surface area contributed by atoms with Gasteiger partial charge in [0.05, 0.1) is 17.6 Å². The van der Waals surface area contributed by atoms with Crippen molar-refractivity contribution in [2.75, 3.05) is 36.8 Å². The number of ether oxygens (including phenoxy) is 1. The van der Waals surface area contributed by atoms with E-state index in [1.54, 1.807) is 11.8 Å². The van der Waals surface area contributed by atoms with Gasteiger partial charge in [0, 0.05) is 38.7 Å². The molecule has 1 aliphatic carbocycles. The van der Waals surface area contributed by atoms with Crippen LogP contribution in [0.15, 0.2) is 29.2 Å². The van der Waals surface area contributed by atoms with Crippen molar-refractivity contribution >= 4 is 15.7 Å². The second-order valence-corrected chi connectivity index (χ2v) is 10.6. The van der Waals surface area contributed by atoms with Gasteiger partial charge in [0.25, 0.3) is 0 Å². The quantitative estimate of drug-likeness (QED) is 0.581. The van der Waals surface area contributed by atoms with E-state index in [1.807, 2.05) is 0 Å². The average molecular weight is 501 g/mol. The summed E-state index contributed by atoms with van der Waals surface area (Å²) in [5, 5.41) is 4.10. The van der Waals surface area contributed by atoms with Gasteiger partial charge in [0.15, 0.2) is 0 Å². The Morgan fingerprint density at radius 1 is 1.09 bits per heavy atom. The van der Waals surface area contributed by atoms with Crippen LogP contribution in [0.25, 0.3) is 5.69 Å². The first-order valence-corrected chi connectivity index (χ1v) is 12.9. The lowest BCUT2D eigenvalue weighted by molar-refractivity contribution is 0.193. The summed E-state index contributed by atoms with van der Waals surface area (Å²) in [6.45, 7) is 2.87. The zero-order chi connectivity index (χ0) is 24.5. The first kappa shape index (κ1) is 24.5. The summed E-state index contributed by atoms with van der Waals surface area (Å²) in [6.07, 6.45) is 1.22. The maximum Gasteiger partial charge on any atom is 0.316 e. The molecule has 1 saturated heterocycles. The summed E-state index contributed by atoms with van der Waals surface area (Å²) >= 11 is 0. The smallest absolute Gasteiger partial charge is 0.316 e. The van der Waals surface area contributed by atoms with Crippen molar-refractivity contribution in [3.8, 4) is 11.4 Å². The van der Waals surface area contributed by atoms with Gasteiger partial charge in [-0.15, -0.1) is 0 Å². The van der Waals surface area contributed by atoms with Crippen molar-refractivity contribution in [2.24, 2.45) is 0 Å². The fourth-order valence-corrected chi connectivity index (χ4v) is 5.86. The van der Waals surface area contributed by atoms with Gasteiger partial charge in [-0.2, -0.15) is 14.1 Å². The van der Waals surface area contributed by atoms with E-state index in [4.69, 9.17) is 4.74 Å². The Morgan fingerprint density at radius 2 is 1.76 bits per heavy atom. The normalized spacial score (nSPS) is 21.7. The molecule has 2 aliphatic rings. The van der Waals surface area contributed by atoms with Crippen LogP contribution in [-0.4, -0.2) is 66.7 Å². The molecule has 0 spiro atoms. The molecule has 2 unspecified atom stereocenters. The highest BCUT2D eigenvalue weighted by molar-refractivity contribution is 7.89. The molecular formula is C22H27F3N4O4S. The van der Waals surface area contributed by atoms with Gasteiger partial charge in [-0.3, -0.25) is 4.79 Å². The molecule has 186 valence electrons. The zero-order valence-corrected chi connectivity index (χ0v) is 19.6. The third kappa shape index (κ3) is 5.22. The Morgan fingerprint density at radius 3 is 2.35 bits per heavy atom. The van der Waals surface area contributed by atoms with E-state index >= 15 is 0 Å². The SMILES string of the molecule is CCCS(=O)(=O)N1CCN(c2cnn(-c3cc(F)cc(F)c3)c(=O)c2OC2CCC(F)C2)CC1. The van der Waals surface area contributed by atoms with Gasteiger partial charge in [-0.05, 0) is 31.4 Å². The molecule has 2 fully saturated rings. The van der Waals surface area contributed by atoms with Crippen LogP contribution in [0.1, 0.15) is 32.6 Å². The molecule has 4 rings (SSSR count). The number of halogens is 3. The Labute approximate surface area is 196 Å². The predicted octanol–water partition coefficient (Wildman–Crippen LogP) is 2.64. The molecule has 2 aromatic rings. The summed E-state index contributed by atoms with van der Waals surface area (Å²) < 4.78 is 74.2. The molecule has 2 heterocycles. The number of hydrogen-bond acceptors (Lipinski definition) is 6. The van der Waals surface area contributed by atoms with Crippen LogP contribution >= 0.6 is 0 Å². The van der Waals surface area contributed by atoms with E-state index in [-0.39, 0.29) is 36.7 Å². The van der Waals surface area contributed by atoms with E-state index in [0.717, 1.165) is 16.8 Å². The number of benzene rings is 1. The van der Waals surface area contributed by atoms with Crippen LogP contribution in [0.2, 0.25) is 0 Å². The summed E-state index contributed by atoms with van der Waals surface area (Å²) in [4.78, 5) is 15.1. The maximum atomic E-state index is 13.8. The number of aromatic nitrogens is 2. The average Bonchev–Trinajstić information content (AvgIpc) is 3.19. The van der Waals surface area contributed by atoms with Gasteiger partial charge >= 0.3 is 5.56 Å². The highest BCUT2D eigenvalue weighted by Gasteiger charge is 2.31. The van der Waals surface area contributed by atoms with Gasteiger partial charge < -0.3 is 9.64 Å². The fourth-order valence-electron chi connectivity index (χ4n) is 4.37. The van der Waals surface area contributed by atoms with Crippen LogP contribution in [0.3, 0.4) is 0 Å². The van der Waals surface area contributed by atoms with Crippen molar-refractivity contribution in [1.29, 1.82) is 0 Å². The van der Waals surface area contributed by atoms with Crippen LogP contribution < -0.4 is 15.2 Å². The predicted molar refractivity (Wildman–Crippen MR) is 121 cm³/mol. The maximum absolute atomic E-state index is 13.8. The molecule has 8 nitrogen and oxygen atoms in total. The Balaban J connectivity index is 1.67. The molecule has 0 radical (unpaired) electrons. The van der Waals surface area contributed by atoms with E-state index in [2.05, 4.69) is 5.10 Å². The monoisotopic (exact) mass is 500 g/mol. The molecule has 0 amide bonds. The first-order valence-electron chi connectivity index (χ1n) is 11.3. The summed E-state index contributed by atoms with van der Waals surface area (Å²) in [6, 6.07) is 2.64. The summed E-state index contributed by atoms with van der Waals surface area (Å²) in [5.74, 6) is -1.76. The second-order valence-electron chi connectivity index (χ2n) is 8.56. The molecular weight excluding hydrogens is 473 g/mol. The van der Waals surface area contributed by atoms with Crippen LogP contribution in [0.5, 0.6) is 5.75 Å². The number of hydrogen-bond donors (Lipinski definition) is 0. The van der Waals surface area contributed by atoms with E-state index in [1.165, 1.54) is 10.5 Å². The lowest BCUT2D eigenvalue weighted by atomic mass is 10.2. The molecule has 1 saturated carbocycles. The first-order chi connectivity index (χ1) is 16.2. The largest absolute Gasteiger partial charge is 0.483 e. The zero-order valence-electron chi connectivity index (χ0n) is 18.8. The summed E-state index contributed by atoms with van der Waals surface area (Å²) in [5.41, 5.74) is -0.497. The van der Waals surface area contributed by atoms with Crippen molar-refractivity contribution in [2.45, 2.75) is 44.9 Å². The number of nitrogens with zero attached hydrogens (tertiary/aromatic N) is 4. The number of piperazine rings is 1. The fraction of sp³-hybridized carbons (Fsp3) is 0.545. The molecule has 1 aliphatic heterocycles. The van der Waals surface area contributed by atoms with Crippen molar-refractivity contribution in [3.63, 3.8) is 0 Å². The van der Waals surface area contributed by atoms with Crippen molar-refractivity contribution in [1.82, 2.24) is 14.1 Å². The van der Waals surface area contributed by atoms with E-state index in [9.17, 15) is 26.4 Å². The van der Waals surface area contributed by atoms with Gasteiger partial charge in [-0.1, -0.05) is 6.92 Å². The van der Waals surface area contributed by atoms with Crippen molar-refractivity contribution in [3.05, 3.63) is 46.4 Å². The summed E-state index contributed by atoms with van der Waals surface area (Å²) in [7, 11) is -3.35. The third-order valence-corrected chi connectivity index (χ3v) is 8.12. The Kier molecular flexibility index (Phi) is 7.17. The molecule has 2 atom stereocenters. The molecule has 34 heavy (non-hydrogen) atoms. The number of anilines is 1. The van der Waals surface area contributed by atoms with E-state index < -0.39 is 39.5 Å². The van der Waals surface area contributed by atoms with Crippen LogP contribution in [0, 0.1) is 11.6 Å². The van der Waals surface area contributed by atoms with Crippen LogP contribution in [-0.2, 0) is 10.0 Å². The highest BCUT2D eigenvalue weighted by Crippen LogP contribution is 2.31. The third-order valence-electron chi connectivity index (χ3n) is 6.05. The highest BCUT2D eigenvalue weighted by atomic mass is 32.2. The Hall–Kier alpha value is -2.60. The minimum absolute atomic E-state index is 0.0647. The van der Waals surface area contributed by atoms with Gasteiger partial charge in [0.2, 0.25) is 15.8 Å². The van der Waals surface area contributed by atoms with Crippen molar-refractivity contribution < 1.29 is 26.3 Å². The van der Waals surface area contributed by atoms with Gasteiger partial charge in [-0.25, -0.2) is 21.6 Å². The molecule has 0 N–H and O–H groups in total. The minimum Gasteiger partial charge on any atom is -0.483 e. The number of rotatable bonds is 7. The number of sulfonamides is 1. The second kappa shape index (κ2) is 9.95. The standard InChI is InChI=1S/C22H27F3N4O4S/c1-2-9-34(31,32)28-7-5-27(6-8-28)20-14-26-29(18-11-16(24)10-17(25)12-18)22(30)21(20)33-19-4-3-15(23)13-19/h10-12,14-15,19H,2-9,13H2,1H3. The topological polar surface area (TPSA) is 84.7 Å². The minimum atomic E-state index is -3.35. The molecule has 1 aromatic carbocycles. The molecule has 0 bridgehead atoms. The Bertz CT molecular complexity index is 1180. The lowest BCUT2D eigenvalue weighted by Gasteiger charge is -2.36.